The standard InChI is InChI=1S/C55H98O3/c1-8-9-10-11-27-37-46-54(53-44-35-31-36-45-53)55(56-47-38-28-21-15-12-18-24-32-41-50(2)3,57-48-39-29-22-16-13-19-25-33-42-51(4)5)58-49-40-30-23-17-14-20-26-34-43-52(6)7/h31,35-36,41-45,54H,8-30,32-34,37-40,46-49H2,1-7H3. The smallest absolute Gasteiger partial charge is 0.290 e. The van der Waals surface area contributed by atoms with Gasteiger partial charge < -0.3 is 14.2 Å². The normalized spacial score (nSPS) is 12.1. The maximum Gasteiger partial charge on any atom is 0.290 e. The van der Waals surface area contributed by atoms with Crippen LogP contribution in [-0.2, 0) is 14.2 Å². The second kappa shape index (κ2) is 39.5. The van der Waals surface area contributed by atoms with Crippen molar-refractivity contribution in [1.29, 1.82) is 0 Å². The third kappa shape index (κ3) is 32.1. The number of hydrogen-bond donors (Lipinski definition) is 0. The first-order chi connectivity index (χ1) is 28.3. The van der Waals surface area contributed by atoms with Crippen molar-refractivity contribution < 1.29 is 14.2 Å². The molecule has 0 fully saturated rings. The first-order valence-electron chi connectivity index (χ1n) is 25.2. The summed E-state index contributed by atoms with van der Waals surface area (Å²) in [5.41, 5.74) is 5.63. The summed E-state index contributed by atoms with van der Waals surface area (Å²) in [7, 11) is 0. The van der Waals surface area contributed by atoms with Gasteiger partial charge in [0.2, 0.25) is 0 Å². The van der Waals surface area contributed by atoms with Crippen LogP contribution in [0.1, 0.15) is 259 Å². The number of unbranched alkanes of at least 4 members (excludes halogenated alkanes) is 26. The van der Waals surface area contributed by atoms with E-state index in [0.717, 1.165) is 25.7 Å². The fraction of sp³-hybridized carbons (Fsp3) is 0.782. The van der Waals surface area contributed by atoms with Gasteiger partial charge in [0.15, 0.2) is 0 Å². The van der Waals surface area contributed by atoms with Gasteiger partial charge in [-0.3, -0.25) is 0 Å². The summed E-state index contributed by atoms with van der Waals surface area (Å²) >= 11 is 0. The number of ether oxygens (including phenoxy) is 3. The predicted molar refractivity (Wildman–Crippen MR) is 257 cm³/mol. The van der Waals surface area contributed by atoms with Gasteiger partial charge in [-0.05, 0) is 111 Å². The molecule has 1 unspecified atom stereocenters. The molecule has 0 aliphatic rings. The third-order valence-electron chi connectivity index (χ3n) is 11.6. The number of benzene rings is 1. The average molecular weight is 807 g/mol. The van der Waals surface area contributed by atoms with Crippen LogP contribution in [-0.4, -0.2) is 25.8 Å². The average Bonchev–Trinajstić information content (AvgIpc) is 3.20. The molecule has 0 saturated heterocycles. The van der Waals surface area contributed by atoms with Crippen molar-refractivity contribution in [2.45, 2.75) is 259 Å². The highest BCUT2D eigenvalue weighted by Gasteiger charge is 2.43. The molecule has 58 heavy (non-hydrogen) atoms. The minimum absolute atomic E-state index is 0.0577. The molecule has 0 heterocycles. The molecule has 0 N–H and O–H groups in total. The van der Waals surface area contributed by atoms with Crippen LogP contribution in [0.25, 0.3) is 0 Å². The lowest BCUT2D eigenvalue weighted by Crippen LogP contribution is -2.46. The van der Waals surface area contributed by atoms with Crippen LogP contribution in [0.5, 0.6) is 0 Å². The van der Waals surface area contributed by atoms with Crippen LogP contribution >= 0.6 is 0 Å². The van der Waals surface area contributed by atoms with Gasteiger partial charge in [0.25, 0.3) is 5.97 Å². The van der Waals surface area contributed by atoms with E-state index in [-0.39, 0.29) is 5.92 Å². The molecule has 0 amide bonds. The maximum absolute atomic E-state index is 7.06. The zero-order chi connectivity index (χ0) is 42.2. The minimum atomic E-state index is -1.04. The van der Waals surface area contributed by atoms with E-state index >= 15 is 0 Å². The molecule has 0 aliphatic carbocycles. The fourth-order valence-corrected chi connectivity index (χ4v) is 7.99. The largest absolute Gasteiger partial charge is 0.327 e. The Balaban J connectivity index is 2.98. The van der Waals surface area contributed by atoms with Gasteiger partial charge >= 0.3 is 0 Å². The van der Waals surface area contributed by atoms with Gasteiger partial charge in [-0.15, -0.1) is 0 Å². The van der Waals surface area contributed by atoms with E-state index in [1.807, 2.05) is 0 Å². The van der Waals surface area contributed by atoms with Gasteiger partial charge in [0, 0.05) is 0 Å². The Kier molecular flexibility index (Phi) is 37.0. The van der Waals surface area contributed by atoms with E-state index in [1.54, 1.807) is 0 Å². The molecule has 0 aliphatic heterocycles. The number of rotatable bonds is 42. The molecule has 336 valence electrons. The molecule has 1 aromatic rings. The van der Waals surface area contributed by atoms with Gasteiger partial charge in [-0.1, -0.05) is 207 Å². The van der Waals surface area contributed by atoms with E-state index in [2.05, 4.69) is 97.0 Å². The van der Waals surface area contributed by atoms with Crippen LogP contribution in [0.3, 0.4) is 0 Å². The zero-order valence-electron chi connectivity index (χ0n) is 40.0. The Hall–Kier alpha value is -1.68. The SMILES string of the molecule is CCCCCCCCC(c1ccccc1)C(OCCCCCCCCCC=C(C)C)(OCCCCCCCCCC=C(C)C)OCCCCCCCCCC=C(C)C. The summed E-state index contributed by atoms with van der Waals surface area (Å²) in [4.78, 5) is 0. The maximum atomic E-state index is 7.06. The Morgan fingerprint density at radius 3 is 1.07 bits per heavy atom. The Morgan fingerprint density at radius 2 is 0.724 bits per heavy atom. The summed E-state index contributed by atoms with van der Waals surface area (Å²) in [6, 6.07) is 11.1. The van der Waals surface area contributed by atoms with Crippen molar-refractivity contribution in [2.75, 3.05) is 19.8 Å². The van der Waals surface area contributed by atoms with E-state index in [0.29, 0.717) is 19.8 Å². The molecule has 3 nitrogen and oxygen atoms in total. The van der Waals surface area contributed by atoms with Gasteiger partial charge in [-0.25, -0.2) is 0 Å². The number of hydrogen-bond acceptors (Lipinski definition) is 3. The zero-order valence-corrected chi connectivity index (χ0v) is 40.0. The summed E-state index contributed by atoms with van der Waals surface area (Å²) in [6.07, 6.45) is 46.2. The molecule has 3 heteroatoms. The first kappa shape index (κ1) is 54.3. The molecule has 0 aromatic heterocycles. The Bertz CT molecular complexity index is 1010. The second-order valence-corrected chi connectivity index (χ2v) is 18.3. The number of allylic oxidation sites excluding steroid dienone is 6. The highest BCUT2D eigenvalue weighted by Crippen LogP contribution is 2.39. The lowest BCUT2D eigenvalue weighted by Gasteiger charge is -2.40. The molecule has 0 spiro atoms. The van der Waals surface area contributed by atoms with E-state index < -0.39 is 5.97 Å². The van der Waals surface area contributed by atoms with Gasteiger partial charge in [-0.2, -0.15) is 0 Å². The highest BCUT2D eigenvalue weighted by molar-refractivity contribution is 5.21. The Morgan fingerprint density at radius 1 is 0.414 bits per heavy atom. The second-order valence-electron chi connectivity index (χ2n) is 18.3. The molecule has 0 radical (unpaired) electrons. The van der Waals surface area contributed by atoms with Crippen LogP contribution in [0.15, 0.2) is 65.3 Å². The van der Waals surface area contributed by atoms with Crippen LogP contribution in [0.2, 0.25) is 0 Å². The predicted octanol–water partition coefficient (Wildman–Crippen LogP) is 18.5. The fourth-order valence-electron chi connectivity index (χ4n) is 7.99. The first-order valence-corrected chi connectivity index (χ1v) is 25.2. The van der Waals surface area contributed by atoms with Crippen LogP contribution in [0, 0.1) is 0 Å². The lowest BCUT2D eigenvalue weighted by molar-refractivity contribution is -0.393. The molecule has 0 bridgehead atoms. The van der Waals surface area contributed by atoms with E-state index in [1.165, 1.54) is 196 Å². The van der Waals surface area contributed by atoms with Crippen molar-refractivity contribution >= 4 is 0 Å². The molecule has 1 aromatic carbocycles. The Labute approximate surface area is 363 Å². The molecule has 0 saturated carbocycles. The highest BCUT2D eigenvalue weighted by atomic mass is 16.9. The van der Waals surface area contributed by atoms with Gasteiger partial charge in [0.1, 0.15) is 0 Å². The van der Waals surface area contributed by atoms with Crippen LogP contribution in [0.4, 0.5) is 0 Å². The van der Waals surface area contributed by atoms with Gasteiger partial charge in [0.05, 0.1) is 25.7 Å². The van der Waals surface area contributed by atoms with E-state index in [9.17, 15) is 0 Å². The summed E-state index contributed by atoms with van der Waals surface area (Å²) in [5, 5.41) is 0. The minimum Gasteiger partial charge on any atom is -0.327 e. The van der Waals surface area contributed by atoms with Crippen molar-refractivity contribution in [3.8, 4) is 0 Å². The summed E-state index contributed by atoms with van der Waals surface area (Å²) < 4.78 is 21.2. The molecule has 1 atom stereocenters. The lowest BCUT2D eigenvalue weighted by atomic mass is 9.90. The van der Waals surface area contributed by atoms with Crippen molar-refractivity contribution in [1.82, 2.24) is 0 Å². The third-order valence-corrected chi connectivity index (χ3v) is 11.6. The van der Waals surface area contributed by atoms with Crippen LogP contribution < -0.4 is 0 Å². The molecular formula is C55H98O3. The summed E-state index contributed by atoms with van der Waals surface area (Å²) in [5.74, 6) is -0.978. The molecule has 1 rings (SSSR count). The van der Waals surface area contributed by atoms with Crippen molar-refractivity contribution in [3.05, 3.63) is 70.8 Å². The van der Waals surface area contributed by atoms with Crippen molar-refractivity contribution in [2.24, 2.45) is 0 Å². The monoisotopic (exact) mass is 807 g/mol. The summed E-state index contributed by atoms with van der Waals surface area (Å²) in [6.45, 7) is 17.6. The topological polar surface area (TPSA) is 27.7 Å². The quantitative estimate of drug-likeness (QED) is 0.0374. The molecular weight excluding hydrogens is 709 g/mol. The van der Waals surface area contributed by atoms with Crippen molar-refractivity contribution in [3.63, 3.8) is 0 Å². The van der Waals surface area contributed by atoms with E-state index in [4.69, 9.17) is 14.2 Å².